The highest BCUT2D eigenvalue weighted by Gasteiger charge is 2.65. The summed E-state index contributed by atoms with van der Waals surface area (Å²) >= 11 is 0. The molecule has 3 saturated heterocycles. The van der Waals surface area contributed by atoms with Crippen molar-refractivity contribution in [2.24, 2.45) is 40.4 Å². The van der Waals surface area contributed by atoms with Gasteiger partial charge in [0.1, 0.15) is 61.0 Å². The predicted molar refractivity (Wildman–Crippen MR) is 269 cm³/mol. The Balaban J connectivity index is 1.06. The molecule has 7 aliphatic rings. The lowest BCUT2D eigenvalue weighted by atomic mass is 9.46. The molecular formula is C55H84O22. The van der Waals surface area contributed by atoms with Crippen LogP contribution in [-0.4, -0.2) is 213 Å². The van der Waals surface area contributed by atoms with E-state index in [0.29, 0.717) is 25.7 Å². The molecular weight excluding hydrogens is 1010 g/mol. The average molecular weight is 1100 g/mol. The number of hydrogen-bond donors (Lipinski definition) is 11. The molecule has 0 radical (unpaired) electrons. The maximum atomic E-state index is 14.0. The summed E-state index contributed by atoms with van der Waals surface area (Å²) in [4.78, 5) is 14.0. The third kappa shape index (κ3) is 11.6. The number of aliphatic hydroxyl groups excluding tert-OH is 10. The number of carbonyl (C=O) groups is 1. The zero-order valence-electron chi connectivity index (χ0n) is 45.4. The van der Waals surface area contributed by atoms with Gasteiger partial charge < -0.3 is 104 Å². The van der Waals surface area contributed by atoms with Crippen LogP contribution in [0.25, 0.3) is 0 Å². The first-order valence-electron chi connectivity index (χ1n) is 27.0. The molecule has 0 bridgehead atoms. The molecule has 8 rings (SSSR count). The monoisotopic (exact) mass is 1100 g/mol. The first kappa shape index (κ1) is 60.0. The van der Waals surface area contributed by atoms with Gasteiger partial charge in [0.25, 0.3) is 0 Å². The Morgan fingerprint density at radius 2 is 1.43 bits per heavy atom. The second kappa shape index (κ2) is 23.8. The van der Waals surface area contributed by atoms with Crippen LogP contribution in [0.3, 0.4) is 0 Å². The van der Waals surface area contributed by atoms with Crippen molar-refractivity contribution in [1.29, 1.82) is 0 Å². The van der Waals surface area contributed by atoms with Gasteiger partial charge >= 0.3 is 5.97 Å². The molecule has 6 fully saturated rings. The molecule has 0 unspecified atom stereocenters. The van der Waals surface area contributed by atoms with Gasteiger partial charge in [-0.25, -0.2) is 4.79 Å². The molecule has 25 atom stereocenters. The standard InChI is InChI=1S/C55H84O22/c1-24(11-10-15-53(3,4)67)38-32(73-52-48(44(63)39(58)25(2)72-52)77-49(66)26-17-33(68-7)47(70-9)34(18-26)69-8)21-31-29-13-12-27-19-28(57)20-37(55(27,6)30(29)14-16-54(31,38)5)76-51-46(65)43(62)41(60)36(75-51)23-71-50-45(64)42(61)40(59)35(22-56)74-50/h10,12,15,17-18,24-25,28-32,35-46,48,50-52,56-65,67H,11,13-14,16,19-23H2,1-9H3/b15-10+/t24-,25+,28-,29-,30+,31+,32+,35-,36-,37-,38+,39+,40-,41-,42+,43+,44-,45-,46-,48-,50-,51+,52+,54+,55+/m1/s1. The van der Waals surface area contributed by atoms with Crippen molar-refractivity contribution in [3.05, 3.63) is 41.5 Å². The Morgan fingerprint density at radius 1 is 0.792 bits per heavy atom. The quantitative estimate of drug-likeness (QED) is 0.0752. The van der Waals surface area contributed by atoms with Crippen LogP contribution in [0.1, 0.15) is 96.8 Å². The fourth-order valence-electron chi connectivity index (χ4n) is 14.3. The van der Waals surface area contributed by atoms with Gasteiger partial charge in [0.05, 0.1) is 70.1 Å². The van der Waals surface area contributed by atoms with E-state index in [-0.39, 0.29) is 64.2 Å². The lowest BCUT2D eigenvalue weighted by Crippen LogP contribution is -2.63. The molecule has 1 aromatic rings. The molecule has 77 heavy (non-hydrogen) atoms. The second-order valence-electron chi connectivity index (χ2n) is 23.6. The van der Waals surface area contributed by atoms with Crippen LogP contribution in [0.4, 0.5) is 0 Å². The maximum absolute atomic E-state index is 14.0. The van der Waals surface area contributed by atoms with Gasteiger partial charge in [-0.1, -0.05) is 44.6 Å². The summed E-state index contributed by atoms with van der Waals surface area (Å²) in [6.07, 6.45) is -15.3. The van der Waals surface area contributed by atoms with Crippen LogP contribution in [0.2, 0.25) is 0 Å². The third-order valence-corrected chi connectivity index (χ3v) is 18.4. The van der Waals surface area contributed by atoms with Gasteiger partial charge in [0, 0.05) is 11.8 Å². The van der Waals surface area contributed by atoms with Gasteiger partial charge in [-0.2, -0.15) is 0 Å². The van der Waals surface area contributed by atoms with E-state index in [9.17, 15) is 61.0 Å². The number of methoxy groups -OCH3 is 3. The average Bonchev–Trinajstić information content (AvgIpc) is 3.70. The number of rotatable bonds is 17. The Hall–Kier alpha value is -3.11. The first-order valence-corrected chi connectivity index (χ1v) is 27.0. The summed E-state index contributed by atoms with van der Waals surface area (Å²) in [5, 5.41) is 119. The number of benzene rings is 1. The van der Waals surface area contributed by atoms with Crippen LogP contribution in [0.15, 0.2) is 35.9 Å². The van der Waals surface area contributed by atoms with Crippen LogP contribution in [0, 0.1) is 40.4 Å². The second-order valence-corrected chi connectivity index (χ2v) is 23.6. The molecule has 3 heterocycles. The van der Waals surface area contributed by atoms with Crippen molar-refractivity contribution in [2.75, 3.05) is 34.5 Å². The van der Waals surface area contributed by atoms with Crippen molar-refractivity contribution in [3.63, 3.8) is 0 Å². The molecule has 0 spiro atoms. The predicted octanol–water partition coefficient (Wildman–Crippen LogP) is 0.612. The number of ether oxygens (including phenoxy) is 10. The molecule has 3 saturated carbocycles. The highest BCUT2D eigenvalue weighted by Crippen LogP contribution is 2.68. The van der Waals surface area contributed by atoms with Gasteiger partial charge in [-0.05, 0) is 106 Å². The van der Waals surface area contributed by atoms with E-state index in [1.54, 1.807) is 26.8 Å². The van der Waals surface area contributed by atoms with Gasteiger partial charge in [-0.3, -0.25) is 0 Å². The van der Waals surface area contributed by atoms with E-state index in [1.807, 2.05) is 6.08 Å². The molecule has 11 N–H and O–H groups in total. The number of allylic oxidation sites excluding steroid dienone is 2. The topological polar surface area (TPSA) is 332 Å². The lowest BCUT2D eigenvalue weighted by molar-refractivity contribution is -0.342. The SMILES string of the molecule is COc1cc(C(=O)O[C@H]2[C@H](O[C@H]3C[C@H]4[C@@H]5CC=C6C[C@@H](O)C[C@@H](O[C@@H]7O[C@H](CO[C@@H]8O[C@H](CO)[C@@H](O)[C@H](O)[C@H]8O)[C@@H](O)[C@H](O)[C@H]7O)[C@]6(C)[C@H]5CC[C@]4(C)[C@H]3[C@H](C)C/C=C/C(C)(C)O)O[C@@H](C)[C@H](O)[C@H]2O)cc(OC)c1OC. The van der Waals surface area contributed by atoms with E-state index in [1.165, 1.54) is 33.5 Å². The molecule has 4 aliphatic carbocycles. The van der Waals surface area contributed by atoms with Gasteiger partial charge in [-0.15, -0.1) is 0 Å². The summed E-state index contributed by atoms with van der Waals surface area (Å²) in [6, 6.07) is 2.83. The summed E-state index contributed by atoms with van der Waals surface area (Å²) in [5.74, 6) is -0.409. The Morgan fingerprint density at radius 3 is 2.05 bits per heavy atom. The molecule has 3 aliphatic heterocycles. The largest absolute Gasteiger partial charge is 0.493 e. The van der Waals surface area contributed by atoms with Crippen molar-refractivity contribution < 1.29 is 108 Å². The third-order valence-electron chi connectivity index (χ3n) is 18.4. The van der Waals surface area contributed by atoms with E-state index >= 15 is 0 Å². The zero-order valence-corrected chi connectivity index (χ0v) is 45.4. The molecule has 22 heteroatoms. The fraction of sp³-hybridized carbons (Fsp3) is 0.800. The number of aliphatic hydroxyl groups is 11. The summed E-state index contributed by atoms with van der Waals surface area (Å²) in [7, 11) is 4.25. The number of fused-ring (bicyclic) bond motifs is 5. The minimum atomic E-state index is -1.78. The lowest BCUT2D eigenvalue weighted by Gasteiger charge is -2.60. The molecule has 0 aromatic heterocycles. The Bertz CT molecular complexity index is 2210. The number of esters is 1. The van der Waals surface area contributed by atoms with Crippen molar-refractivity contribution in [2.45, 2.75) is 203 Å². The summed E-state index contributed by atoms with van der Waals surface area (Å²) < 4.78 is 59.9. The van der Waals surface area contributed by atoms with Gasteiger partial charge in [0.15, 0.2) is 36.5 Å². The highest BCUT2D eigenvalue weighted by atomic mass is 16.7. The highest BCUT2D eigenvalue weighted by molar-refractivity contribution is 5.91. The smallest absolute Gasteiger partial charge is 0.338 e. The van der Waals surface area contributed by atoms with Crippen LogP contribution < -0.4 is 14.2 Å². The minimum absolute atomic E-state index is 0.00767. The normalized spacial score (nSPS) is 44.6. The van der Waals surface area contributed by atoms with E-state index in [2.05, 4.69) is 26.8 Å². The number of hydrogen-bond acceptors (Lipinski definition) is 22. The van der Waals surface area contributed by atoms with E-state index in [0.717, 1.165) is 18.4 Å². The molecule has 0 amide bonds. The molecule has 22 nitrogen and oxygen atoms in total. The van der Waals surface area contributed by atoms with Crippen LogP contribution >= 0.6 is 0 Å². The Labute approximate surface area is 449 Å². The molecule has 436 valence electrons. The van der Waals surface area contributed by atoms with Gasteiger partial charge in [0.2, 0.25) is 5.75 Å². The Kier molecular flexibility index (Phi) is 18.5. The first-order chi connectivity index (χ1) is 36.3. The summed E-state index contributed by atoms with van der Waals surface area (Å²) in [5.41, 5.74) is -1.15. The van der Waals surface area contributed by atoms with Crippen LogP contribution in [0.5, 0.6) is 17.2 Å². The molecule has 1 aromatic carbocycles. The van der Waals surface area contributed by atoms with Crippen molar-refractivity contribution in [3.8, 4) is 17.2 Å². The minimum Gasteiger partial charge on any atom is -0.493 e. The summed E-state index contributed by atoms with van der Waals surface area (Å²) in [6.45, 7) is 10.3. The van der Waals surface area contributed by atoms with Crippen molar-refractivity contribution in [1.82, 2.24) is 0 Å². The maximum Gasteiger partial charge on any atom is 0.338 e. The number of carbonyl (C=O) groups excluding carboxylic acids is 1. The fourth-order valence-corrected chi connectivity index (χ4v) is 14.3. The van der Waals surface area contributed by atoms with E-state index in [4.69, 9.17) is 47.4 Å². The zero-order chi connectivity index (χ0) is 56.2. The van der Waals surface area contributed by atoms with Crippen molar-refractivity contribution >= 4 is 5.97 Å². The van der Waals surface area contributed by atoms with Crippen LogP contribution in [-0.2, 0) is 33.2 Å². The van der Waals surface area contributed by atoms with E-state index < -0.39 is 141 Å².